The van der Waals surface area contributed by atoms with Crippen molar-refractivity contribution in [3.05, 3.63) is 35.7 Å². The Morgan fingerprint density at radius 3 is 2.89 bits per heavy atom. The molecule has 3 nitrogen and oxygen atoms in total. The average molecular weight is 259 g/mol. The summed E-state index contributed by atoms with van der Waals surface area (Å²) in [5.74, 6) is 0. The third-order valence-electron chi connectivity index (χ3n) is 3.51. The number of hydrogen-bond donors (Lipinski definition) is 1. The van der Waals surface area contributed by atoms with Crippen molar-refractivity contribution >= 4 is 26.5 Å². The van der Waals surface area contributed by atoms with E-state index in [1.54, 1.807) is 11.3 Å². The lowest BCUT2D eigenvalue weighted by molar-refractivity contribution is 0.540. The van der Waals surface area contributed by atoms with Crippen LogP contribution in [0.15, 0.2) is 24.4 Å². The fourth-order valence-electron chi connectivity index (χ4n) is 2.15. The van der Waals surface area contributed by atoms with Gasteiger partial charge in [-0.1, -0.05) is 31.3 Å². The maximum Gasteiger partial charge on any atom is 0.194 e. The summed E-state index contributed by atoms with van der Waals surface area (Å²) in [6.45, 7) is 7.03. The number of thiazole rings is 1. The number of benzene rings is 1. The molecule has 2 heterocycles. The molecule has 0 unspecified atom stereocenters. The number of imidazole rings is 1. The van der Waals surface area contributed by atoms with Crippen molar-refractivity contribution in [3.8, 4) is 0 Å². The Morgan fingerprint density at radius 1 is 1.39 bits per heavy atom. The quantitative estimate of drug-likeness (QED) is 0.768. The summed E-state index contributed by atoms with van der Waals surface area (Å²) < 4.78 is 3.44. The van der Waals surface area contributed by atoms with Gasteiger partial charge in [-0.15, -0.1) is 0 Å². The molecule has 94 valence electrons. The summed E-state index contributed by atoms with van der Waals surface area (Å²) in [7, 11) is 0. The van der Waals surface area contributed by atoms with Gasteiger partial charge in [0, 0.05) is 18.2 Å². The minimum Gasteiger partial charge on any atom is -0.330 e. The van der Waals surface area contributed by atoms with Crippen LogP contribution in [0.4, 0.5) is 0 Å². The van der Waals surface area contributed by atoms with Crippen LogP contribution >= 0.6 is 11.3 Å². The molecule has 0 aliphatic heterocycles. The van der Waals surface area contributed by atoms with E-state index in [0.717, 1.165) is 10.7 Å². The molecule has 4 heteroatoms. The first-order valence-electron chi connectivity index (χ1n) is 6.10. The highest BCUT2D eigenvalue weighted by molar-refractivity contribution is 7.23. The molecule has 18 heavy (non-hydrogen) atoms. The molecule has 3 aromatic rings. The van der Waals surface area contributed by atoms with E-state index in [1.165, 1.54) is 15.8 Å². The second kappa shape index (κ2) is 3.80. The van der Waals surface area contributed by atoms with Crippen molar-refractivity contribution in [3.63, 3.8) is 0 Å². The predicted molar refractivity (Wildman–Crippen MR) is 77.4 cm³/mol. The average Bonchev–Trinajstić information content (AvgIpc) is 2.84. The molecule has 0 atom stereocenters. The summed E-state index contributed by atoms with van der Waals surface area (Å²) in [6.07, 6.45) is 2.09. The molecule has 3 rings (SSSR count). The maximum absolute atomic E-state index is 5.84. The lowest BCUT2D eigenvalue weighted by atomic mass is 9.85. The number of nitrogens with zero attached hydrogens (tertiary/aromatic N) is 2. The number of nitrogens with two attached hydrogens (primary N) is 1. The molecule has 2 N–H and O–H groups in total. The predicted octanol–water partition coefficient (Wildman–Crippen LogP) is 3.09. The molecule has 0 spiro atoms. The van der Waals surface area contributed by atoms with Gasteiger partial charge in [-0.3, -0.25) is 4.40 Å². The lowest BCUT2D eigenvalue weighted by Gasteiger charge is -2.22. The van der Waals surface area contributed by atoms with Gasteiger partial charge >= 0.3 is 0 Å². The normalized spacial score (nSPS) is 12.7. The van der Waals surface area contributed by atoms with Gasteiger partial charge in [0.2, 0.25) is 0 Å². The summed E-state index contributed by atoms with van der Waals surface area (Å²) in [4.78, 5) is 5.58. The van der Waals surface area contributed by atoms with Gasteiger partial charge in [0.25, 0.3) is 0 Å². The number of rotatable bonds is 2. The number of fused-ring (bicyclic) bond motifs is 3. The van der Waals surface area contributed by atoms with Crippen molar-refractivity contribution < 1.29 is 0 Å². The molecule has 1 aromatic carbocycles. The second-order valence-electron chi connectivity index (χ2n) is 5.41. The Balaban J connectivity index is 2.24. The minimum atomic E-state index is 0.0240. The monoisotopic (exact) mass is 259 g/mol. The van der Waals surface area contributed by atoms with Gasteiger partial charge in [0.1, 0.15) is 0 Å². The zero-order valence-electron chi connectivity index (χ0n) is 10.9. The van der Waals surface area contributed by atoms with Crippen molar-refractivity contribution in [1.29, 1.82) is 0 Å². The Hall–Kier alpha value is -1.39. The molecule has 0 fully saturated rings. The highest BCUT2D eigenvalue weighted by Crippen LogP contribution is 2.31. The number of hydrogen-bond acceptors (Lipinski definition) is 3. The van der Waals surface area contributed by atoms with Gasteiger partial charge in [-0.05, 0) is 24.6 Å². The van der Waals surface area contributed by atoms with Crippen LogP contribution in [0.25, 0.3) is 15.2 Å². The Bertz CT molecular complexity index is 721. The standard InChI is InChI=1S/C14H17N3S/c1-9-7-17-11-5-4-10(14(2,3)8-15)6-12(11)18-13(17)16-9/h4-7H,8,15H2,1-3H3. The van der Waals surface area contributed by atoms with E-state index < -0.39 is 0 Å². The third-order valence-corrected chi connectivity index (χ3v) is 4.52. The first-order chi connectivity index (χ1) is 8.51. The van der Waals surface area contributed by atoms with Crippen molar-refractivity contribution in [2.24, 2.45) is 5.73 Å². The van der Waals surface area contributed by atoms with E-state index in [9.17, 15) is 0 Å². The first kappa shape index (κ1) is 11.7. The van der Waals surface area contributed by atoms with E-state index in [1.807, 2.05) is 6.92 Å². The third kappa shape index (κ3) is 1.64. The summed E-state index contributed by atoms with van der Waals surface area (Å²) >= 11 is 1.73. The first-order valence-corrected chi connectivity index (χ1v) is 6.92. The van der Waals surface area contributed by atoms with Crippen LogP contribution in [-0.2, 0) is 5.41 Å². The van der Waals surface area contributed by atoms with Crippen LogP contribution in [0, 0.1) is 6.92 Å². The van der Waals surface area contributed by atoms with Crippen LogP contribution < -0.4 is 5.73 Å². The number of aryl methyl sites for hydroxylation is 1. The molecule has 0 aliphatic rings. The van der Waals surface area contributed by atoms with Crippen LogP contribution in [0.2, 0.25) is 0 Å². The molecule has 0 aliphatic carbocycles. The van der Waals surface area contributed by atoms with Crippen molar-refractivity contribution in [2.45, 2.75) is 26.2 Å². The van der Waals surface area contributed by atoms with Crippen LogP contribution in [-0.4, -0.2) is 15.9 Å². The Morgan fingerprint density at radius 2 is 2.17 bits per heavy atom. The van der Waals surface area contributed by atoms with E-state index in [0.29, 0.717) is 6.54 Å². The van der Waals surface area contributed by atoms with Crippen molar-refractivity contribution in [2.75, 3.05) is 6.54 Å². The maximum atomic E-state index is 5.84. The lowest BCUT2D eigenvalue weighted by Crippen LogP contribution is -2.27. The second-order valence-corrected chi connectivity index (χ2v) is 6.42. The molecule has 2 aromatic heterocycles. The smallest absolute Gasteiger partial charge is 0.194 e. The van der Waals surface area contributed by atoms with E-state index in [2.05, 4.69) is 47.6 Å². The Labute approximate surface area is 110 Å². The highest BCUT2D eigenvalue weighted by Gasteiger charge is 2.19. The fraction of sp³-hybridized carbons (Fsp3) is 0.357. The van der Waals surface area contributed by atoms with Gasteiger partial charge in [-0.2, -0.15) is 0 Å². The van der Waals surface area contributed by atoms with Crippen molar-refractivity contribution in [1.82, 2.24) is 9.38 Å². The fourth-order valence-corrected chi connectivity index (χ4v) is 3.24. The zero-order valence-corrected chi connectivity index (χ0v) is 11.7. The van der Waals surface area contributed by atoms with Crippen LogP contribution in [0.5, 0.6) is 0 Å². The topological polar surface area (TPSA) is 43.3 Å². The van der Waals surface area contributed by atoms with Gasteiger partial charge in [-0.25, -0.2) is 4.98 Å². The molecular weight excluding hydrogens is 242 g/mol. The Kier molecular flexibility index (Phi) is 2.47. The summed E-state index contributed by atoms with van der Waals surface area (Å²) in [5.41, 5.74) is 9.45. The van der Waals surface area contributed by atoms with Crippen LogP contribution in [0.1, 0.15) is 25.1 Å². The van der Waals surface area contributed by atoms with Gasteiger partial charge < -0.3 is 5.73 Å². The largest absolute Gasteiger partial charge is 0.330 e. The van der Waals surface area contributed by atoms with Gasteiger partial charge in [0.15, 0.2) is 4.96 Å². The van der Waals surface area contributed by atoms with E-state index >= 15 is 0 Å². The molecule has 0 bridgehead atoms. The molecule has 0 saturated heterocycles. The minimum absolute atomic E-state index is 0.0240. The SMILES string of the molecule is Cc1cn2c(n1)sc1cc(C(C)(C)CN)ccc12. The molecule has 0 saturated carbocycles. The van der Waals surface area contributed by atoms with Gasteiger partial charge in [0.05, 0.1) is 15.9 Å². The summed E-state index contributed by atoms with van der Waals surface area (Å²) in [5, 5.41) is 0. The highest BCUT2D eigenvalue weighted by atomic mass is 32.1. The summed E-state index contributed by atoms with van der Waals surface area (Å²) in [6, 6.07) is 6.60. The molecule has 0 amide bonds. The zero-order chi connectivity index (χ0) is 12.9. The number of aromatic nitrogens is 2. The van der Waals surface area contributed by atoms with Crippen LogP contribution in [0.3, 0.4) is 0 Å². The molecular formula is C14H17N3S. The van der Waals surface area contributed by atoms with E-state index in [-0.39, 0.29) is 5.41 Å². The molecule has 0 radical (unpaired) electrons. The van der Waals surface area contributed by atoms with E-state index in [4.69, 9.17) is 5.73 Å².